The Balaban J connectivity index is 1.59. The number of hydrogen-bond donors (Lipinski definition) is 3. The Kier molecular flexibility index (Phi) is 6.35. The maximum Gasteiger partial charge on any atom is 0.314 e. The third kappa shape index (κ3) is 5.57. The summed E-state index contributed by atoms with van der Waals surface area (Å²) in [6.07, 6.45) is 3.72. The normalized spacial score (nSPS) is 17.5. The Bertz CT molecular complexity index is 481. The van der Waals surface area contributed by atoms with E-state index in [0.717, 1.165) is 19.4 Å². The molecule has 6 nitrogen and oxygen atoms in total. The van der Waals surface area contributed by atoms with Crippen molar-refractivity contribution in [3.63, 3.8) is 0 Å². The van der Waals surface area contributed by atoms with Crippen LogP contribution >= 0.6 is 23.2 Å². The summed E-state index contributed by atoms with van der Waals surface area (Å²) in [5, 5.41) is 9.48. The number of ether oxygens (including phenoxy) is 1. The van der Waals surface area contributed by atoms with Crippen LogP contribution in [-0.4, -0.2) is 43.4 Å². The lowest BCUT2D eigenvalue weighted by Gasteiger charge is -2.12. The molecule has 1 fully saturated rings. The molecule has 0 aliphatic carbocycles. The van der Waals surface area contributed by atoms with Crippen molar-refractivity contribution in [3.05, 3.63) is 22.3 Å². The van der Waals surface area contributed by atoms with Gasteiger partial charge in [0.05, 0.1) is 16.1 Å². The highest BCUT2D eigenvalue weighted by Crippen LogP contribution is 2.21. The van der Waals surface area contributed by atoms with E-state index >= 15 is 0 Å². The molecule has 1 aromatic rings. The molecule has 1 atom stereocenters. The van der Waals surface area contributed by atoms with Crippen LogP contribution in [0.15, 0.2) is 12.3 Å². The number of carbonyl (C=O) groups excluding carboxylic acids is 1. The molecule has 0 bridgehead atoms. The minimum absolute atomic E-state index is 0.144. The maximum atomic E-state index is 11.6. The van der Waals surface area contributed by atoms with Crippen LogP contribution < -0.4 is 16.0 Å². The highest BCUT2D eigenvalue weighted by atomic mass is 35.5. The number of pyridine rings is 1. The molecule has 1 aliphatic rings. The van der Waals surface area contributed by atoms with Crippen molar-refractivity contribution in [3.8, 4) is 0 Å². The lowest BCUT2D eigenvalue weighted by Crippen LogP contribution is -2.41. The predicted molar refractivity (Wildman–Crippen MR) is 83.1 cm³/mol. The molecule has 0 saturated carbocycles. The molecular weight excluding hydrogens is 315 g/mol. The van der Waals surface area contributed by atoms with Crippen molar-refractivity contribution in [1.29, 1.82) is 0 Å². The zero-order valence-electron chi connectivity index (χ0n) is 11.5. The van der Waals surface area contributed by atoms with E-state index in [1.54, 1.807) is 6.07 Å². The zero-order chi connectivity index (χ0) is 15.1. The fourth-order valence-electron chi connectivity index (χ4n) is 1.98. The molecule has 21 heavy (non-hydrogen) atoms. The molecular formula is C13H18Cl2N4O2. The van der Waals surface area contributed by atoms with Gasteiger partial charge >= 0.3 is 6.03 Å². The number of rotatable bonds is 6. The molecule has 8 heteroatoms. The molecule has 3 N–H and O–H groups in total. The minimum atomic E-state index is -0.206. The van der Waals surface area contributed by atoms with E-state index < -0.39 is 0 Å². The number of halogens is 2. The minimum Gasteiger partial charge on any atom is -0.376 e. The quantitative estimate of drug-likeness (QED) is 0.698. The summed E-state index contributed by atoms with van der Waals surface area (Å²) in [6, 6.07) is 1.41. The molecule has 2 rings (SSSR count). The summed E-state index contributed by atoms with van der Waals surface area (Å²) in [7, 11) is 0. The van der Waals surface area contributed by atoms with E-state index in [-0.39, 0.29) is 12.1 Å². The van der Waals surface area contributed by atoms with Crippen molar-refractivity contribution in [2.45, 2.75) is 18.9 Å². The van der Waals surface area contributed by atoms with Crippen molar-refractivity contribution >= 4 is 35.1 Å². The van der Waals surface area contributed by atoms with Crippen molar-refractivity contribution in [1.82, 2.24) is 15.6 Å². The second-order valence-corrected chi connectivity index (χ2v) is 5.53. The number of urea groups is 1. The summed E-state index contributed by atoms with van der Waals surface area (Å²) in [5.41, 5.74) is 0. The van der Waals surface area contributed by atoms with Crippen molar-refractivity contribution in [2.75, 3.05) is 31.6 Å². The van der Waals surface area contributed by atoms with Crippen LogP contribution in [0.2, 0.25) is 10.0 Å². The first kappa shape index (κ1) is 16.1. The van der Waals surface area contributed by atoms with Crippen LogP contribution in [0.5, 0.6) is 0 Å². The average molecular weight is 333 g/mol. The SMILES string of the molecule is O=C(NCCNc1ncc(Cl)cc1Cl)NC[C@H]1CCCO1. The molecule has 0 unspecified atom stereocenters. The number of aromatic nitrogens is 1. The van der Waals surface area contributed by atoms with E-state index in [0.29, 0.717) is 35.5 Å². The molecule has 0 spiro atoms. The van der Waals surface area contributed by atoms with E-state index in [1.165, 1.54) is 6.20 Å². The molecule has 1 aliphatic heterocycles. The second-order valence-electron chi connectivity index (χ2n) is 4.68. The van der Waals surface area contributed by atoms with Crippen molar-refractivity contribution < 1.29 is 9.53 Å². The van der Waals surface area contributed by atoms with Gasteiger partial charge in [0.2, 0.25) is 0 Å². The molecule has 1 aromatic heterocycles. The maximum absolute atomic E-state index is 11.6. The van der Waals surface area contributed by atoms with Crippen LogP contribution in [0.25, 0.3) is 0 Å². The van der Waals surface area contributed by atoms with Gasteiger partial charge in [-0.2, -0.15) is 0 Å². The molecule has 2 amide bonds. The molecule has 0 radical (unpaired) electrons. The van der Waals surface area contributed by atoms with Gasteiger partial charge in [-0.05, 0) is 18.9 Å². The van der Waals surface area contributed by atoms with Crippen LogP contribution in [-0.2, 0) is 4.74 Å². The Hall–Kier alpha value is -1.24. The zero-order valence-corrected chi connectivity index (χ0v) is 13.0. The summed E-state index contributed by atoms with van der Waals surface area (Å²) in [6.45, 7) is 2.30. The Morgan fingerprint density at radius 1 is 1.38 bits per heavy atom. The lowest BCUT2D eigenvalue weighted by atomic mass is 10.2. The van der Waals surface area contributed by atoms with E-state index in [4.69, 9.17) is 27.9 Å². The van der Waals surface area contributed by atoms with Crippen LogP contribution in [0.1, 0.15) is 12.8 Å². The first-order valence-electron chi connectivity index (χ1n) is 6.83. The highest BCUT2D eigenvalue weighted by Gasteiger charge is 2.15. The second kappa shape index (κ2) is 8.26. The number of nitrogens with one attached hydrogen (secondary N) is 3. The van der Waals surface area contributed by atoms with Gasteiger partial charge in [-0.3, -0.25) is 0 Å². The number of anilines is 1. The largest absolute Gasteiger partial charge is 0.376 e. The van der Waals surface area contributed by atoms with E-state index in [2.05, 4.69) is 20.9 Å². The first-order chi connectivity index (χ1) is 10.1. The molecule has 1 saturated heterocycles. The lowest BCUT2D eigenvalue weighted by molar-refractivity contribution is 0.111. The van der Waals surface area contributed by atoms with Gasteiger partial charge in [0.25, 0.3) is 0 Å². The Morgan fingerprint density at radius 3 is 2.95 bits per heavy atom. The Labute approximate surface area is 133 Å². The monoisotopic (exact) mass is 332 g/mol. The van der Waals surface area contributed by atoms with E-state index in [9.17, 15) is 4.79 Å². The molecule has 116 valence electrons. The highest BCUT2D eigenvalue weighted by molar-refractivity contribution is 6.35. The fourth-order valence-corrected chi connectivity index (χ4v) is 2.42. The van der Waals surface area contributed by atoms with E-state index in [1.807, 2.05) is 0 Å². The number of amides is 2. The van der Waals surface area contributed by atoms with Gasteiger partial charge in [-0.25, -0.2) is 9.78 Å². The third-order valence-corrected chi connectivity index (χ3v) is 3.52. The predicted octanol–water partition coefficient (Wildman–Crippen LogP) is 2.28. The standard InChI is InChI=1S/C13H18Cl2N4O2/c14-9-6-11(15)12(18-7-9)16-3-4-17-13(20)19-8-10-2-1-5-21-10/h6-7,10H,1-5,8H2,(H,16,18)(H2,17,19,20)/t10-/m1/s1. The van der Waals surface area contributed by atoms with Gasteiger partial charge < -0.3 is 20.7 Å². The van der Waals surface area contributed by atoms with Gasteiger partial charge in [-0.1, -0.05) is 23.2 Å². The number of hydrogen-bond acceptors (Lipinski definition) is 4. The summed E-state index contributed by atoms with van der Waals surface area (Å²) < 4.78 is 5.42. The third-order valence-electron chi connectivity index (χ3n) is 3.03. The summed E-state index contributed by atoms with van der Waals surface area (Å²) in [5.74, 6) is 0.544. The van der Waals surface area contributed by atoms with Gasteiger partial charge in [0, 0.05) is 32.4 Å². The average Bonchev–Trinajstić information content (AvgIpc) is 2.96. The van der Waals surface area contributed by atoms with Crippen LogP contribution in [0, 0.1) is 0 Å². The van der Waals surface area contributed by atoms with Crippen LogP contribution in [0.3, 0.4) is 0 Å². The fraction of sp³-hybridized carbons (Fsp3) is 0.538. The molecule has 0 aromatic carbocycles. The van der Waals surface area contributed by atoms with Gasteiger partial charge in [0.15, 0.2) is 0 Å². The Morgan fingerprint density at radius 2 is 2.24 bits per heavy atom. The van der Waals surface area contributed by atoms with Crippen molar-refractivity contribution in [2.24, 2.45) is 0 Å². The summed E-state index contributed by atoms with van der Waals surface area (Å²) >= 11 is 11.7. The summed E-state index contributed by atoms with van der Waals surface area (Å²) in [4.78, 5) is 15.6. The van der Waals surface area contributed by atoms with Crippen LogP contribution in [0.4, 0.5) is 10.6 Å². The number of carbonyl (C=O) groups is 1. The first-order valence-corrected chi connectivity index (χ1v) is 7.59. The smallest absolute Gasteiger partial charge is 0.314 e. The molecule has 2 heterocycles. The van der Waals surface area contributed by atoms with Gasteiger partial charge in [0.1, 0.15) is 5.82 Å². The van der Waals surface area contributed by atoms with Gasteiger partial charge in [-0.15, -0.1) is 0 Å². The topological polar surface area (TPSA) is 75.3 Å². The number of nitrogens with zero attached hydrogens (tertiary/aromatic N) is 1.